The number of nitrogens with one attached hydrogen (secondary N) is 2. The maximum absolute atomic E-state index is 5.74. The molecule has 0 saturated carbocycles. The molecule has 1 aromatic carbocycles. The number of furan rings is 1. The van der Waals surface area contributed by atoms with Crippen molar-refractivity contribution in [1.29, 1.82) is 0 Å². The van der Waals surface area contributed by atoms with E-state index in [0.717, 1.165) is 49.6 Å². The van der Waals surface area contributed by atoms with E-state index in [0.29, 0.717) is 23.0 Å². The van der Waals surface area contributed by atoms with E-state index < -0.39 is 0 Å². The van der Waals surface area contributed by atoms with Crippen molar-refractivity contribution in [3.8, 4) is 0 Å². The minimum Gasteiger partial charge on any atom is -0.457 e. The molecule has 8 rings (SSSR count). The first-order chi connectivity index (χ1) is 21.1. The third-order valence-electron chi connectivity index (χ3n) is 6.54. The van der Waals surface area contributed by atoms with Gasteiger partial charge in [0.25, 0.3) is 0 Å². The lowest BCUT2D eigenvalue weighted by Crippen LogP contribution is -1.89. The van der Waals surface area contributed by atoms with Gasteiger partial charge in [-0.15, -0.1) is 11.3 Å². The summed E-state index contributed by atoms with van der Waals surface area (Å²) in [4.78, 5) is 23.5. The Morgan fingerprint density at radius 1 is 0.705 bits per heavy atom. The summed E-state index contributed by atoms with van der Waals surface area (Å²) in [6.07, 6.45) is 5.08. The van der Waals surface area contributed by atoms with Gasteiger partial charge in [-0.2, -0.15) is 0 Å². The Hall–Kier alpha value is -5.62. The van der Waals surface area contributed by atoms with Crippen molar-refractivity contribution in [3.05, 3.63) is 95.3 Å². The van der Waals surface area contributed by atoms with Crippen LogP contribution in [-0.2, 0) is 0 Å². The highest BCUT2D eigenvalue weighted by atomic mass is 32.1. The number of para-hydroxylation sites is 1. The predicted molar refractivity (Wildman–Crippen MR) is 182 cm³/mol. The monoisotopic (exact) mass is 606 g/mol. The molecule has 7 heterocycles. The Labute approximate surface area is 257 Å². The van der Waals surface area contributed by atoms with Crippen molar-refractivity contribution < 1.29 is 4.42 Å². The van der Waals surface area contributed by atoms with Crippen molar-refractivity contribution in [1.82, 2.24) is 29.9 Å². The number of aromatic nitrogens is 6. The topological polar surface area (TPSA) is 200 Å². The summed E-state index contributed by atoms with van der Waals surface area (Å²) < 4.78 is 6.41. The number of fused-ring (bicyclic) bond motifs is 4. The van der Waals surface area contributed by atoms with Crippen LogP contribution in [0.3, 0.4) is 0 Å². The summed E-state index contributed by atoms with van der Waals surface area (Å²) in [7, 11) is 0. The van der Waals surface area contributed by atoms with Gasteiger partial charge in [0, 0.05) is 39.9 Å². The molecule has 0 radical (unpaired) electrons. The average molecular weight is 607 g/mol. The summed E-state index contributed by atoms with van der Waals surface area (Å²) in [6, 6.07) is 17.8. The van der Waals surface area contributed by atoms with Crippen molar-refractivity contribution in [2.24, 2.45) is 0 Å². The standard InChI is InChI=1S/C9H10N2.C8H8N2O.C8H8N2S.C7H8N4/c1-6-5-7-3-2-4-8(10)9(7)11-6;2*1-5-4-6-2-3-10-8(9)7(6)11-5;1-4-10-5-2-3-9-7(8)6(5)11-4/h2-5,11H,10H2,1H3;2*2-4H,1H3,(H2,9,10);2-3H,1H3,(H2,8,9)(H,10,11). The molecule has 12 heteroatoms. The predicted octanol–water partition coefficient (Wildman–Crippen LogP) is 6.81. The molecular formula is C32H34N10OS. The highest BCUT2D eigenvalue weighted by molar-refractivity contribution is 7.19. The van der Waals surface area contributed by atoms with Crippen LogP contribution >= 0.6 is 11.3 Å². The molecule has 11 nitrogen and oxygen atoms in total. The van der Waals surface area contributed by atoms with Crippen LogP contribution in [-0.4, -0.2) is 29.9 Å². The number of pyridine rings is 3. The second-order valence-corrected chi connectivity index (χ2v) is 11.4. The molecule has 44 heavy (non-hydrogen) atoms. The van der Waals surface area contributed by atoms with Crippen LogP contribution in [0.1, 0.15) is 22.2 Å². The number of hydrogen-bond acceptors (Lipinski definition) is 10. The van der Waals surface area contributed by atoms with E-state index in [2.05, 4.69) is 55.0 Å². The molecule has 10 N–H and O–H groups in total. The number of hydrogen-bond donors (Lipinski definition) is 6. The van der Waals surface area contributed by atoms with Gasteiger partial charge in [0.05, 0.1) is 21.4 Å². The Morgan fingerprint density at radius 3 is 2.11 bits per heavy atom. The van der Waals surface area contributed by atoms with Gasteiger partial charge in [0.15, 0.2) is 17.2 Å². The number of thiophene rings is 1. The first-order valence-electron chi connectivity index (χ1n) is 13.7. The second-order valence-electron chi connectivity index (χ2n) is 10.1. The Morgan fingerprint density at radius 2 is 1.41 bits per heavy atom. The van der Waals surface area contributed by atoms with Crippen molar-refractivity contribution in [2.45, 2.75) is 27.7 Å². The van der Waals surface area contributed by atoms with Crippen molar-refractivity contribution in [3.63, 3.8) is 0 Å². The van der Waals surface area contributed by atoms with E-state index >= 15 is 0 Å². The maximum Gasteiger partial charge on any atom is 0.176 e. The van der Waals surface area contributed by atoms with Crippen LogP contribution in [0.5, 0.6) is 0 Å². The first kappa shape index (κ1) is 29.9. The summed E-state index contributed by atoms with van der Waals surface area (Å²) in [5, 5.41) is 3.39. The van der Waals surface area contributed by atoms with Crippen LogP contribution in [0.25, 0.3) is 43.0 Å². The average Bonchev–Trinajstić information content (AvgIpc) is 3.75. The first-order valence-corrected chi connectivity index (χ1v) is 14.5. The van der Waals surface area contributed by atoms with Gasteiger partial charge >= 0.3 is 0 Å². The van der Waals surface area contributed by atoms with E-state index in [9.17, 15) is 0 Å². The van der Waals surface area contributed by atoms with Crippen LogP contribution in [0.15, 0.2) is 77.6 Å². The van der Waals surface area contributed by atoms with Gasteiger partial charge in [-0.05, 0) is 75.5 Å². The molecule has 0 atom stereocenters. The zero-order valence-electron chi connectivity index (χ0n) is 24.8. The highest BCUT2D eigenvalue weighted by Gasteiger charge is 2.04. The van der Waals surface area contributed by atoms with Gasteiger partial charge < -0.3 is 37.3 Å². The smallest absolute Gasteiger partial charge is 0.176 e. The number of nitrogens with zero attached hydrogens (tertiary/aromatic N) is 4. The largest absolute Gasteiger partial charge is 0.457 e. The van der Waals surface area contributed by atoms with Gasteiger partial charge in [0.1, 0.15) is 22.9 Å². The maximum atomic E-state index is 5.74. The minimum absolute atomic E-state index is 0.454. The fraction of sp³-hybridized carbons (Fsp3) is 0.125. The van der Waals surface area contributed by atoms with Crippen LogP contribution in [0, 0.1) is 27.7 Å². The Bertz CT molecular complexity index is 1880. The fourth-order valence-corrected chi connectivity index (χ4v) is 5.54. The molecule has 0 aliphatic rings. The molecule has 0 aliphatic carbocycles. The molecule has 0 saturated heterocycles. The lowest BCUT2D eigenvalue weighted by molar-refractivity contribution is 0.578. The van der Waals surface area contributed by atoms with Gasteiger partial charge in [0.2, 0.25) is 0 Å². The molecular weight excluding hydrogens is 572 g/mol. The highest BCUT2D eigenvalue weighted by Crippen LogP contribution is 2.28. The lowest BCUT2D eigenvalue weighted by Gasteiger charge is -1.92. The second kappa shape index (κ2) is 12.7. The number of anilines is 4. The summed E-state index contributed by atoms with van der Waals surface area (Å²) in [6.45, 7) is 7.88. The number of aromatic amines is 2. The van der Waals surface area contributed by atoms with Crippen molar-refractivity contribution in [2.75, 3.05) is 22.9 Å². The number of nitrogens with two attached hydrogens (primary N) is 4. The van der Waals surface area contributed by atoms with E-state index in [-0.39, 0.29) is 0 Å². The molecule has 0 fully saturated rings. The third-order valence-corrected chi connectivity index (χ3v) is 7.63. The Balaban J connectivity index is 0.000000116. The molecule has 0 aliphatic heterocycles. The fourth-order valence-electron chi connectivity index (χ4n) is 4.63. The van der Waals surface area contributed by atoms with Gasteiger partial charge in [-0.25, -0.2) is 19.9 Å². The van der Waals surface area contributed by atoms with E-state index in [1.807, 2.05) is 57.2 Å². The quantitative estimate of drug-likeness (QED) is 0.100. The number of H-pyrrole nitrogens is 2. The molecule has 0 bridgehead atoms. The van der Waals surface area contributed by atoms with E-state index in [1.165, 1.54) is 15.6 Å². The molecule has 224 valence electrons. The SMILES string of the molecule is Cc1cc2cccc(N)c2[nH]1.Cc1cc2ccnc(N)c2o1.Cc1cc2ccnc(N)c2s1.Cc1nc2c(N)nccc2[nH]1. The zero-order valence-corrected chi connectivity index (χ0v) is 25.7. The zero-order chi connectivity index (χ0) is 31.4. The van der Waals surface area contributed by atoms with E-state index in [1.54, 1.807) is 29.9 Å². The number of aryl methyl sites for hydroxylation is 4. The number of benzene rings is 1. The van der Waals surface area contributed by atoms with Crippen LogP contribution in [0.2, 0.25) is 0 Å². The summed E-state index contributed by atoms with van der Waals surface area (Å²) >= 11 is 1.69. The molecule has 0 amide bonds. The minimum atomic E-state index is 0.454. The Kier molecular flexibility index (Phi) is 8.63. The van der Waals surface area contributed by atoms with Crippen LogP contribution in [0.4, 0.5) is 23.1 Å². The van der Waals surface area contributed by atoms with E-state index in [4.69, 9.17) is 27.4 Å². The number of nitrogen functional groups attached to an aromatic ring is 4. The number of imidazole rings is 1. The summed E-state index contributed by atoms with van der Waals surface area (Å²) in [5.74, 6) is 3.29. The molecule has 7 aromatic heterocycles. The molecule has 0 unspecified atom stereocenters. The normalized spacial score (nSPS) is 10.6. The van der Waals surface area contributed by atoms with Crippen molar-refractivity contribution >= 4 is 77.5 Å². The molecule has 0 spiro atoms. The summed E-state index contributed by atoms with van der Waals surface area (Å²) in [5.41, 5.74) is 27.9. The van der Waals surface area contributed by atoms with Gasteiger partial charge in [-0.1, -0.05) is 12.1 Å². The lowest BCUT2D eigenvalue weighted by atomic mass is 10.2. The number of rotatable bonds is 0. The van der Waals surface area contributed by atoms with Crippen LogP contribution < -0.4 is 22.9 Å². The third kappa shape index (κ3) is 6.71. The molecule has 8 aromatic rings. The van der Waals surface area contributed by atoms with Gasteiger partial charge in [-0.3, -0.25) is 0 Å².